The first-order chi connectivity index (χ1) is 28.5. The highest BCUT2D eigenvalue weighted by Crippen LogP contribution is 2.57. The smallest absolute Gasteiger partial charge is 0.346 e. The average Bonchev–Trinajstić information content (AvgIpc) is 4.01. The summed E-state index contributed by atoms with van der Waals surface area (Å²) in [7, 11) is -3.56. The van der Waals surface area contributed by atoms with Crippen LogP contribution in [0.5, 0.6) is 0 Å². The van der Waals surface area contributed by atoms with Gasteiger partial charge in [-0.15, -0.1) is 0 Å². The van der Waals surface area contributed by atoms with Crippen LogP contribution in [-0.4, -0.2) is 101 Å². The van der Waals surface area contributed by atoms with E-state index in [1.807, 2.05) is 0 Å². The fourth-order valence-corrected chi connectivity index (χ4v) is 9.17. The number of thiol groups is 1. The van der Waals surface area contributed by atoms with Crippen LogP contribution in [0.2, 0.25) is 0 Å². The number of ether oxygens (including phenoxy) is 2. The first-order valence-corrected chi connectivity index (χ1v) is 21.6. The fraction of sp³-hybridized carbons (Fsp3) is 0.294. The molecule has 0 saturated carbocycles. The number of alkyl halides is 2. The van der Waals surface area contributed by atoms with Gasteiger partial charge in [-0.3, -0.25) is 32.3 Å². The molecule has 0 bridgehead atoms. The lowest BCUT2D eigenvalue weighted by molar-refractivity contribution is -0.0539. The number of imidazole rings is 2. The molecule has 3 saturated heterocycles. The Morgan fingerprint density at radius 3 is 1.75 bits per heavy atom. The van der Waals surface area contributed by atoms with Crippen LogP contribution in [0.1, 0.15) is 33.2 Å². The van der Waals surface area contributed by atoms with E-state index in [9.17, 15) is 18.7 Å². The van der Waals surface area contributed by atoms with Gasteiger partial charge in [0.25, 0.3) is 11.8 Å². The lowest BCUT2D eigenvalue weighted by atomic mass is 10.1. The van der Waals surface area contributed by atoms with E-state index in [4.69, 9.17) is 27.6 Å². The maximum Gasteiger partial charge on any atom is 0.386 e. The monoisotopic (exact) mass is 870 g/mol. The van der Waals surface area contributed by atoms with E-state index >= 15 is 8.78 Å². The molecule has 3 aliphatic rings. The van der Waals surface area contributed by atoms with Gasteiger partial charge in [-0.25, -0.2) is 43.2 Å². The highest BCUT2D eigenvalue weighted by atomic mass is 32.7. The van der Waals surface area contributed by atoms with Crippen LogP contribution in [0, 0.1) is 0 Å². The van der Waals surface area contributed by atoms with Gasteiger partial charge in [-0.05, 0) is 24.3 Å². The van der Waals surface area contributed by atoms with Crippen molar-refractivity contribution in [2.75, 3.05) is 23.8 Å². The normalized spacial score (nSPS) is 29.9. The number of aromatic nitrogens is 8. The summed E-state index contributed by atoms with van der Waals surface area (Å²) in [6, 6.07) is 16.7. The summed E-state index contributed by atoms with van der Waals surface area (Å²) in [6.45, 7) is -5.80. The first kappa shape index (κ1) is 39.4. The topological polar surface area (TPSA) is 235 Å². The second-order valence-electron chi connectivity index (χ2n) is 13.2. The minimum absolute atomic E-state index is 0.0406. The third kappa shape index (κ3) is 7.76. The van der Waals surface area contributed by atoms with Crippen molar-refractivity contribution in [1.82, 2.24) is 39.0 Å². The number of hydrogen-bond acceptors (Lipinski definition) is 16. The summed E-state index contributed by atoms with van der Waals surface area (Å²) in [5.74, 6) is -0.860. The summed E-state index contributed by atoms with van der Waals surface area (Å²) in [5.41, 5.74) is 1.06. The van der Waals surface area contributed by atoms with E-state index in [1.165, 1.54) is 21.8 Å². The van der Waals surface area contributed by atoms with E-state index < -0.39 is 89.3 Å². The molecule has 25 heteroatoms. The van der Waals surface area contributed by atoms with Crippen molar-refractivity contribution in [3.05, 3.63) is 97.1 Å². The van der Waals surface area contributed by atoms with Crippen molar-refractivity contribution in [1.29, 1.82) is 0 Å². The largest absolute Gasteiger partial charge is 0.386 e. The summed E-state index contributed by atoms with van der Waals surface area (Å²) in [6.07, 6.45) is -8.55. The molecule has 6 aromatic rings. The molecule has 0 spiro atoms. The molecule has 7 heterocycles. The van der Waals surface area contributed by atoms with Gasteiger partial charge in [0.2, 0.25) is 0 Å². The number of rotatable bonds is 6. The lowest BCUT2D eigenvalue weighted by Crippen LogP contribution is -2.36. The molecule has 3 fully saturated rings. The molecular formula is C34H30F2N10O10P2S. The molecule has 2 aromatic carbocycles. The minimum atomic E-state index is -4.49. The summed E-state index contributed by atoms with van der Waals surface area (Å²) >= 11 is 4.06. The molecule has 9 rings (SSSR count). The second kappa shape index (κ2) is 16.2. The van der Waals surface area contributed by atoms with Crippen molar-refractivity contribution in [3.63, 3.8) is 0 Å². The zero-order valence-electron chi connectivity index (χ0n) is 29.9. The standard InChI is InChI=1S/C34H30F2N10O10P2S/c35-21-25-20(54-33(21)45-15-41-23-27(37-13-39-29(23)45)43-31(47)17-7-3-1-4-8-17)12-52-58(50,59)56-26-19(11-51-57(49)55-25)53-34(22(26)36)46-16-42-24-28(38-14-40-30(24)46)44-32(48)18-9-5-2-6-10-18/h1-10,13-16,19-22,25-26,33-34,57H,11-12H2,(H,50,59)(H,37,39,43,47)(H,38,40,44,48)/t19-,20?,21-,22-,25-,26-,33-,34-,58-/m1/s1. The van der Waals surface area contributed by atoms with E-state index in [0.29, 0.717) is 11.1 Å². The van der Waals surface area contributed by atoms with Gasteiger partial charge in [0.1, 0.15) is 37.1 Å². The van der Waals surface area contributed by atoms with Crippen LogP contribution in [0.15, 0.2) is 86.0 Å². The molecule has 2 amide bonds. The Bertz CT molecular complexity index is 2620. The number of amides is 2. The number of carbonyl (C=O) groups is 2. The van der Waals surface area contributed by atoms with E-state index in [1.54, 1.807) is 60.7 Å². The molecule has 2 N–H and O–H groups in total. The SMILES string of the molecule is O=C(Nc1ncnc2c1ncn2[C@@H]1O[C@@H]2CO[PH](=O)O[C@@H]3C(CO[P@@](=O)(S)O[C@H]2[C@H]1F)O[C@@H](n1cnc2c(NC(=O)c4ccccc4)ncnc21)[C@@H]3F)c1ccccc1. The van der Waals surface area contributed by atoms with Gasteiger partial charge in [0, 0.05) is 11.1 Å². The number of nitrogens with one attached hydrogen (secondary N) is 2. The number of fused-ring (bicyclic) bond motifs is 4. The number of benzene rings is 2. The maximum absolute atomic E-state index is 16.4. The molecule has 306 valence electrons. The zero-order chi connectivity index (χ0) is 40.8. The van der Waals surface area contributed by atoms with Crippen molar-refractivity contribution in [3.8, 4) is 0 Å². The van der Waals surface area contributed by atoms with Gasteiger partial charge in [-0.1, -0.05) is 48.6 Å². The number of hydrogen-bond donors (Lipinski definition) is 3. The quantitative estimate of drug-likeness (QED) is 0.149. The highest BCUT2D eigenvalue weighted by Gasteiger charge is 2.53. The molecule has 0 aliphatic carbocycles. The van der Waals surface area contributed by atoms with Crippen LogP contribution < -0.4 is 10.6 Å². The van der Waals surface area contributed by atoms with Crippen molar-refractivity contribution >= 4 is 73.1 Å². The summed E-state index contributed by atoms with van der Waals surface area (Å²) in [4.78, 5) is 50.8. The Balaban J connectivity index is 0.921. The maximum atomic E-state index is 16.4. The molecular weight excluding hydrogens is 840 g/mol. The van der Waals surface area contributed by atoms with Crippen LogP contribution in [0.3, 0.4) is 0 Å². The Kier molecular flexibility index (Phi) is 10.8. The zero-order valence-corrected chi connectivity index (χ0v) is 32.7. The third-order valence-corrected chi connectivity index (χ3v) is 12.1. The molecule has 3 aliphatic heterocycles. The highest BCUT2D eigenvalue weighted by molar-refractivity contribution is 8.44. The first-order valence-electron chi connectivity index (χ1n) is 17.7. The summed E-state index contributed by atoms with van der Waals surface area (Å²) < 4.78 is 96.1. The predicted octanol–water partition coefficient (Wildman–Crippen LogP) is 4.89. The Morgan fingerprint density at radius 2 is 1.22 bits per heavy atom. The van der Waals surface area contributed by atoms with Crippen molar-refractivity contribution in [2.45, 2.75) is 49.2 Å². The van der Waals surface area contributed by atoms with Crippen LogP contribution >= 0.6 is 27.3 Å². The number of anilines is 2. The molecule has 0 radical (unpaired) electrons. The van der Waals surface area contributed by atoms with Crippen molar-refractivity contribution < 1.29 is 55.1 Å². The molecule has 10 atom stereocenters. The summed E-state index contributed by atoms with van der Waals surface area (Å²) in [5, 5.41) is 5.32. The van der Waals surface area contributed by atoms with Crippen LogP contribution in [0.4, 0.5) is 20.4 Å². The third-order valence-electron chi connectivity index (χ3n) is 9.59. The van der Waals surface area contributed by atoms with Gasteiger partial charge >= 0.3 is 15.1 Å². The Morgan fingerprint density at radius 1 is 0.729 bits per heavy atom. The molecule has 20 nitrogen and oxygen atoms in total. The molecule has 4 aromatic heterocycles. The average molecular weight is 871 g/mol. The van der Waals surface area contributed by atoms with E-state index in [2.05, 4.69) is 52.8 Å². The fourth-order valence-electron chi connectivity index (χ4n) is 6.82. The van der Waals surface area contributed by atoms with Crippen LogP contribution in [0.25, 0.3) is 22.3 Å². The van der Waals surface area contributed by atoms with E-state index in [-0.39, 0.29) is 34.0 Å². The predicted molar refractivity (Wildman–Crippen MR) is 204 cm³/mol. The second-order valence-corrected chi connectivity index (χ2v) is 17.1. The van der Waals surface area contributed by atoms with Gasteiger partial charge < -0.3 is 29.2 Å². The number of halogens is 2. The van der Waals surface area contributed by atoms with Crippen molar-refractivity contribution in [2.24, 2.45) is 0 Å². The number of carbonyl (C=O) groups excluding carboxylic acids is 2. The molecule has 59 heavy (non-hydrogen) atoms. The van der Waals surface area contributed by atoms with Crippen LogP contribution in [-0.2, 0) is 36.7 Å². The Hall–Kier alpha value is -5.09. The lowest BCUT2D eigenvalue weighted by Gasteiger charge is -2.26. The minimum Gasteiger partial charge on any atom is -0.346 e. The number of nitrogens with zero attached hydrogens (tertiary/aromatic N) is 8. The molecule has 2 unspecified atom stereocenters. The van der Waals surface area contributed by atoms with Gasteiger partial charge in [0.15, 0.2) is 58.8 Å². The Labute approximate surface area is 336 Å². The van der Waals surface area contributed by atoms with Gasteiger partial charge in [0.05, 0.1) is 25.9 Å². The van der Waals surface area contributed by atoms with E-state index in [0.717, 1.165) is 12.7 Å². The van der Waals surface area contributed by atoms with Gasteiger partial charge in [-0.2, -0.15) is 0 Å².